The Bertz CT molecular complexity index is 576. The van der Waals surface area contributed by atoms with E-state index in [2.05, 4.69) is 5.32 Å². The number of rotatable bonds is 8. The number of hydrogen-bond acceptors (Lipinski definition) is 5. The van der Waals surface area contributed by atoms with E-state index in [4.69, 9.17) is 14.7 Å². The normalized spacial score (nSPS) is 10.9. The zero-order valence-electron chi connectivity index (χ0n) is 12.8. The SMILES string of the molecule is CCOc1cc(/C=C(/C#N)C(=O)NCCCOC)ccc1O. The fourth-order valence-electron chi connectivity index (χ4n) is 1.72. The lowest BCUT2D eigenvalue weighted by molar-refractivity contribution is -0.117. The summed E-state index contributed by atoms with van der Waals surface area (Å²) in [7, 11) is 1.59. The van der Waals surface area contributed by atoms with E-state index in [1.165, 1.54) is 12.1 Å². The number of amides is 1. The van der Waals surface area contributed by atoms with Gasteiger partial charge in [0.05, 0.1) is 6.61 Å². The predicted molar refractivity (Wildman–Crippen MR) is 82.4 cm³/mol. The van der Waals surface area contributed by atoms with Crippen molar-refractivity contribution in [1.29, 1.82) is 5.26 Å². The first-order chi connectivity index (χ1) is 10.6. The number of carbonyl (C=O) groups is 1. The smallest absolute Gasteiger partial charge is 0.261 e. The van der Waals surface area contributed by atoms with Crippen LogP contribution in [0.1, 0.15) is 18.9 Å². The zero-order chi connectivity index (χ0) is 16.4. The van der Waals surface area contributed by atoms with E-state index in [0.29, 0.717) is 37.5 Å². The third-order valence-corrected chi connectivity index (χ3v) is 2.77. The van der Waals surface area contributed by atoms with Crippen molar-refractivity contribution in [3.63, 3.8) is 0 Å². The van der Waals surface area contributed by atoms with Crippen LogP contribution in [0.3, 0.4) is 0 Å². The van der Waals surface area contributed by atoms with Crippen molar-refractivity contribution >= 4 is 12.0 Å². The Morgan fingerprint density at radius 2 is 2.27 bits per heavy atom. The summed E-state index contributed by atoms with van der Waals surface area (Å²) < 4.78 is 10.2. The van der Waals surface area contributed by atoms with E-state index < -0.39 is 5.91 Å². The van der Waals surface area contributed by atoms with Crippen LogP contribution in [0.2, 0.25) is 0 Å². The van der Waals surface area contributed by atoms with Crippen molar-refractivity contribution < 1.29 is 19.4 Å². The number of nitriles is 1. The standard InChI is InChI=1S/C16H20N2O4/c1-3-22-15-10-12(5-6-14(15)19)9-13(11-17)16(20)18-7-4-8-21-2/h5-6,9-10,19H,3-4,7-8H2,1-2H3,(H,18,20)/b13-9-. The second-order valence-corrected chi connectivity index (χ2v) is 4.43. The summed E-state index contributed by atoms with van der Waals surface area (Å²) in [5.41, 5.74) is 0.593. The highest BCUT2D eigenvalue weighted by Gasteiger charge is 2.09. The highest BCUT2D eigenvalue weighted by atomic mass is 16.5. The van der Waals surface area contributed by atoms with Crippen LogP contribution in [0.4, 0.5) is 0 Å². The zero-order valence-corrected chi connectivity index (χ0v) is 12.8. The third-order valence-electron chi connectivity index (χ3n) is 2.77. The molecule has 0 aliphatic rings. The van der Waals surface area contributed by atoms with Crippen LogP contribution in [-0.4, -0.2) is 37.9 Å². The molecule has 2 N–H and O–H groups in total. The van der Waals surface area contributed by atoms with E-state index in [-0.39, 0.29) is 11.3 Å². The van der Waals surface area contributed by atoms with E-state index in [1.807, 2.05) is 6.07 Å². The van der Waals surface area contributed by atoms with Crippen LogP contribution >= 0.6 is 0 Å². The third kappa shape index (κ3) is 5.46. The fraction of sp³-hybridized carbons (Fsp3) is 0.375. The van der Waals surface area contributed by atoms with Gasteiger partial charge in [0.1, 0.15) is 11.6 Å². The number of ether oxygens (including phenoxy) is 2. The van der Waals surface area contributed by atoms with Crippen molar-refractivity contribution in [2.75, 3.05) is 26.9 Å². The molecule has 6 heteroatoms. The Morgan fingerprint density at radius 1 is 1.50 bits per heavy atom. The molecule has 1 rings (SSSR count). The molecule has 6 nitrogen and oxygen atoms in total. The number of aromatic hydroxyl groups is 1. The van der Waals surface area contributed by atoms with Crippen molar-refractivity contribution in [1.82, 2.24) is 5.32 Å². The molecule has 0 aliphatic carbocycles. The van der Waals surface area contributed by atoms with E-state index in [0.717, 1.165) is 0 Å². The molecule has 0 atom stereocenters. The predicted octanol–water partition coefficient (Wildman–Crippen LogP) is 1.85. The molecule has 1 aromatic carbocycles. The second kappa shape index (κ2) is 9.42. The van der Waals surface area contributed by atoms with Gasteiger partial charge in [-0.3, -0.25) is 4.79 Å². The summed E-state index contributed by atoms with van der Waals surface area (Å²) in [5.74, 6) is -0.111. The number of hydrogen-bond donors (Lipinski definition) is 2. The lowest BCUT2D eigenvalue weighted by atomic mass is 10.1. The number of phenols is 1. The molecule has 22 heavy (non-hydrogen) atoms. The number of carbonyl (C=O) groups excluding carboxylic acids is 1. The molecular formula is C16H20N2O4. The maximum absolute atomic E-state index is 11.9. The van der Waals surface area contributed by atoms with Crippen LogP contribution in [0.25, 0.3) is 6.08 Å². The second-order valence-electron chi connectivity index (χ2n) is 4.43. The van der Waals surface area contributed by atoms with Gasteiger partial charge in [0, 0.05) is 20.3 Å². The quantitative estimate of drug-likeness (QED) is 0.434. The lowest BCUT2D eigenvalue weighted by Crippen LogP contribution is -2.26. The van der Waals surface area contributed by atoms with Crippen LogP contribution in [-0.2, 0) is 9.53 Å². The van der Waals surface area contributed by atoms with Gasteiger partial charge < -0.3 is 19.9 Å². The topological polar surface area (TPSA) is 91.6 Å². The molecular weight excluding hydrogens is 284 g/mol. The molecule has 0 unspecified atom stereocenters. The minimum atomic E-state index is -0.440. The average Bonchev–Trinajstić information content (AvgIpc) is 2.52. The first-order valence-corrected chi connectivity index (χ1v) is 6.97. The van der Waals surface area contributed by atoms with E-state index >= 15 is 0 Å². The van der Waals surface area contributed by atoms with Gasteiger partial charge in [0.25, 0.3) is 5.91 Å². The van der Waals surface area contributed by atoms with Gasteiger partial charge in [0.2, 0.25) is 0 Å². The first kappa shape index (κ1) is 17.5. The molecule has 118 valence electrons. The van der Waals surface area contributed by atoms with Gasteiger partial charge in [-0.1, -0.05) is 6.07 Å². The number of nitrogens with zero attached hydrogens (tertiary/aromatic N) is 1. The molecule has 0 bridgehead atoms. The molecule has 0 saturated heterocycles. The fourth-order valence-corrected chi connectivity index (χ4v) is 1.72. The maximum atomic E-state index is 11.9. The van der Waals surface area contributed by atoms with E-state index in [1.54, 1.807) is 26.2 Å². The minimum absolute atomic E-state index is 0.00875. The molecule has 1 amide bonds. The summed E-state index contributed by atoms with van der Waals surface area (Å²) in [6.07, 6.45) is 2.13. The minimum Gasteiger partial charge on any atom is -0.504 e. The molecule has 0 aromatic heterocycles. The largest absolute Gasteiger partial charge is 0.504 e. The Kier molecular flexibility index (Phi) is 7.51. The lowest BCUT2D eigenvalue weighted by Gasteiger charge is -2.07. The van der Waals surface area contributed by atoms with Crippen molar-refractivity contribution in [3.05, 3.63) is 29.3 Å². The van der Waals surface area contributed by atoms with Gasteiger partial charge in [-0.15, -0.1) is 0 Å². The molecule has 0 saturated carbocycles. The number of phenolic OH excluding ortho intramolecular Hbond substituents is 1. The maximum Gasteiger partial charge on any atom is 0.261 e. The van der Waals surface area contributed by atoms with Crippen molar-refractivity contribution in [2.24, 2.45) is 0 Å². The van der Waals surface area contributed by atoms with Gasteiger partial charge in [0.15, 0.2) is 11.5 Å². The summed E-state index contributed by atoms with van der Waals surface area (Å²) >= 11 is 0. The highest BCUT2D eigenvalue weighted by Crippen LogP contribution is 2.27. The summed E-state index contributed by atoms with van der Waals surface area (Å²) in [6, 6.07) is 6.51. The Hall–Kier alpha value is -2.52. The summed E-state index contributed by atoms with van der Waals surface area (Å²) in [5, 5.41) is 21.4. The molecule has 0 aliphatic heterocycles. The average molecular weight is 304 g/mol. The van der Waals surface area contributed by atoms with Gasteiger partial charge in [-0.25, -0.2) is 0 Å². The van der Waals surface area contributed by atoms with Crippen LogP contribution in [0.15, 0.2) is 23.8 Å². The van der Waals surface area contributed by atoms with Crippen molar-refractivity contribution in [2.45, 2.75) is 13.3 Å². The van der Waals surface area contributed by atoms with Crippen LogP contribution < -0.4 is 10.1 Å². The molecule has 0 fully saturated rings. The number of nitrogens with one attached hydrogen (secondary N) is 1. The van der Waals surface area contributed by atoms with Crippen LogP contribution in [0, 0.1) is 11.3 Å². The van der Waals surface area contributed by atoms with Gasteiger partial charge in [-0.2, -0.15) is 5.26 Å². The van der Waals surface area contributed by atoms with Gasteiger partial charge in [-0.05, 0) is 37.1 Å². The van der Waals surface area contributed by atoms with E-state index in [9.17, 15) is 9.90 Å². The highest BCUT2D eigenvalue weighted by molar-refractivity contribution is 6.01. The number of methoxy groups -OCH3 is 1. The van der Waals surface area contributed by atoms with Crippen LogP contribution in [0.5, 0.6) is 11.5 Å². The molecule has 0 radical (unpaired) electrons. The van der Waals surface area contributed by atoms with Gasteiger partial charge >= 0.3 is 0 Å². The Balaban J connectivity index is 2.81. The Labute approximate surface area is 130 Å². The molecule has 1 aromatic rings. The molecule has 0 heterocycles. The summed E-state index contributed by atoms with van der Waals surface area (Å²) in [6.45, 7) is 3.19. The monoisotopic (exact) mass is 304 g/mol. The van der Waals surface area contributed by atoms with Crippen molar-refractivity contribution in [3.8, 4) is 17.6 Å². The number of benzene rings is 1. The summed E-state index contributed by atoms with van der Waals surface area (Å²) in [4.78, 5) is 11.9. The Morgan fingerprint density at radius 3 is 2.91 bits per heavy atom. The molecule has 0 spiro atoms. The first-order valence-electron chi connectivity index (χ1n) is 6.97.